The second-order valence-electron chi connectivity index (χ2n) is 7.16. The van der Waals surface area contributed by atoms with Crippen molar-refractivity contribution in [2.75, 3.05) is 16.4 Å². The lowest BCUT2D eigenvalue weighted by Gasteiger charge is -2.08. The first-order valence-corrected chi connectivity index (χ1v) is 11.8. The molecule has 0 atom stereocenters. The number of anilines is 2. The Kier molecular flexibility index (Phi) is 7.03. The number of benzene rings is 3. The molecule has 1 aromatic heterocycles. The quantitative estimate of drug-likeness (QED) is 0.310. The van der Waals surface area contributed by atoms with Gasteiger partial charge in [0.15, 0.2) is 4.34 Å². The number of hydrogen-bond donors (Lipinski definition) is 3. The minimum Gasteiger partial charge on any atom is -0.351 e. The van der Waals surface area contributed by atoms with Gasteiger partial charge in [-0.25, -0.2) is 9.78 Å². The molecule has 4 aromatic rings. The lowest BCUT2D eigenvalue weighted by atomic mass is 10.2. The molecule has 4 rings (SSSR count). The second-order valence-corrected chi connectivity index (χ2v) is 9.42. The Bertz CT molecular complexity index is 1240. The molecule has 3 amide bonds. The summed E-state index contributed by atoms with van der Waals surface area (Å²) in [5.74, 6) is 0.268. The highest BCUT2D eigenvalue weighted by Crippen LogP contribution is 2.31. The van der Waals surface area contributed by atoms with Crippen molar-refractivity contribution in [3.8, 4) is 0 Å². The molecule has 0 unspecified atom stereocenters. The fourth-order valence-corrected chi connectivity index (χ4v) is 4.97. The highest BCUT2D eigenvalue weighted by molar-refractivity contribution is 8.01. The number of nitrogens with zero attached hydrogens (tertiary/aromatic N) is 1. The van der Waals surface area contributed by atoms with Crippen LogP contribution in [0.2, 0.25) is 0 Å². The fraction of sp³-hybridized carbons (Fsp3) is 0.125. The number of rotatable bonds is 7. The molecule has 3 N–H and O–H groups in total. The van der Waals surface area contributed by atoms with E-state index in [1.807, 2.05) is 79.7 Å². The number of amides is 3. The molecule has 6 nitrogen and oxygen atoms in total. The van der Waals surface area contributed by atoms with E-state index in [-0.39, 0.29) is 11.9 Å². The number of hydrogen-bond acceptors (Lipinski definition) is 5. The predicted molar refractivity (Wildman–Crippen MR) is 132 cm³/mol. The number of fused-ring (bicyclic) bond motifs is 1. The number of carbonyl (C=O) groups is 2. The molecular formula is C24H22N4O2S2. The third-order valence-corrected chi connectivity index (χ3v) is 6.72. The largest absolute Gasteiger partial charge is 0.351 e. The van der Waals surface area contributed by atoms with Crippen molar-refractivity contribution in [1.29, 1.82) is 0 Å². The number of thiazole rings is 1. The maximum Gasteiger partial charge on any atom is 0.323 e. The van der Waals surface area contributed by atoms with Gasteiger partial charge in [-0.05, 0) is 48.4 Å². The zero-order chi connectivity index (χ0) is 22.3. The minimum absolute atomic E-state index is 0.0340. The maximum atomic E-state index is 12.3. The van der Waals surface area contributed by atoms with Crippen LogP contribution >= 0.6 is 23.1 Å². The van der Waals surface area contributed by atoms with Crippen molar-refractivity contribution in [3.63, 3.8) is 0 Å². The predicted octanol–water partition coefficient (Wildman–Crippen LogP) is 5.66. The van der Waals surface area contributed by atoms with Gasteiger partial charge in [-0.2, -0.15) is 0 Å². The molecule has 8 heteroatoms. The summed E-state index contributed by atoms with van der Waals surface area (Å²) in [5.41, 5.74) is 4.41. The minimum atomic E-state index is -0.302. The van der Waals surface area contributed by atoms with E-state index in [4.69, 9.17) is 0 Å². The van der Waals surface area contributed by atoms with Crippen LogP contribution in [0.25, 0.3) is 10.2 Å². The van der Waals surface area contributed by atoms with E-state index in [1.54, 1.807) is 0 Å². The normalized spacial score (nSPS) is 10.7. The Labute approximate surface area is 194 Å². The van der Waals surface area contributed by atoms with Crippen molar-refractivity contribution in [2.24, 2.45) is 0 Å². The van der Waals surface area contributed by atoms with Crippen LogP contribution in [-0.4, -0.2) is 22.7 Å². The van der Waals surface area contributed by atoms with Gasteiger partial charge >= 0.3 is 6.03 Å². The van der Waals surface area contributed by atoms with Gasteiger partial charge in [0.25, 0.3) is 0 Å². The van der Waals surface area contributed by atoms with Crippen LogP contribution in [0.15, 0.2) is 77.1 Å². The molecule has 32 heavy (non-hydrogen) atoms. The van der Waals surface area contributed by atoms with Gasteiger partial charge < -0.3 is 16.0 Å². The molecule has 0 saturated carbocycles. The summed E-state index contributed by atoms with van der Waals surface area (Å²) in [4.78, 5) is 29.0. The summed E-state index contributed by atoms with van der Waals surface area (Å²) in [5, 5.41) is 8.60. The lowest BCUT2D eigenvalue weighted by molar-refractivity contribution is -0.118. The Morgan fingerprint density at radius 3 is 2.50 bits per heavy atom. The standard InChI is InChI=1S/C24H22N4O2S2/c1-16-6-5-9-18(12-16)26-23(30)27-19-10-11-20-21(13-19)32-24(28-20)31-15-22(29)25-14-17-7-3-2-4-8-17/h2-13H,14-15H2,1H3,(H,25,29)(H2,26,27,30). The first-order valence-electron chi connectivity index (χ1n) is 10.0. The average molecular weight is 463 g/mol. The highest BCUT2D eigenvalue weighted by Gasteiger charge is 2.10. The van der Waals surface area contributed by atoms with Crippen molar-refractivity contribution in [2.45, 2.75) is 17.8 Å². The number of aryl methyl sites for hydroxylation is 1. The van der Waals surface area contributed by atoms with Crippen LogP contribution in [0.1, 0.15) is 11.1 Å². The molecule has 0 bridgehead atoms. The van der Waals surface area contributed by atoms with Crippen molar-refractivity contribution >= 4 is 56.6 Å². The van der Waals surface area contributed by atoms with E-state index in [1.165, 1.54) is 23.1 Å². The zero-order valence-electron chi connectivity index (χ0n) is 17.4. The summed E-state index contributed by atoms with van der Waals surface area (Å²) in [6.45, 7) is 2.49. The number of carbonyl (C=O) groups excluding carboxylic acids is 2. The van der Waals surface area contributed by atoms with E-state index in [0.29, 0.717) is 18.0 Å². The molecule has 0 saturated heterocycles. The van der Waals surface area contributed by atoms with Crippen molar-refractivity contribution < 1.29 is 9.59 Å². The summed E-state index contributed by atoms with van der Waals surface area (Å²) < 4.78 is 1.77. The van der Waals surface area contributed by atoms with Crippen molar-refractivity contribution in [3.05, 3.63) is 83.9 Å². The van der Waals surface area contributed by atoms with E-state index in [0.717, 1.165) is 31.4 Å². The Morgan fingerprint density at radius 2 is 1.72 bits per heavy atom. The number of urea groups is 1. The smallest absolute Gasteiger partial charge is 0.323 e. The zero-order valence-corrected chi connectivity index (χ0v) is 19.1. The van der Waals surface area contributed by atoms with Crippen molar-refractivity contribution in [1.82, 2.24) is 10.3 Å². The second kappa shape index (κ2) is 10.3. The molecule has 0 radical (unpaired) electrons. The molecule has 3 aromatic carbocycles. The Morgan fingerprint density at radius 1 is 0.938 bits per heavy atom. The Balaban J connectivity index is 1.31. The molecule has 162 valence electrons. The summed E-state index contributed by atoms with van der Waals surface area (Å²) in [7, 11) is 0. The van der Waals surface area contributed by atoms with E-state index in [2.05, 4.69) is 20.9 Å². The van der Waals surface area contributed by atoms with Gasteiger partial charge in [-0.15, -0.1) is 11.3 Å². The number of nitrogens with one attached hydrogen (secondary N) is 3. The van der Waals surface area contributed by atoms with Crippen LogP contribution in [0.4, 0.5) is 16.2 Å². The fourth-order valence-electron chi connectivity index (χ4n) is 3.03. The average Bonchev–Trinajstić information content (AvgIpc) is 3.19. The first kappa shape index (κ1) is 21.9. The van der Waals surface area contributed by atoms with Gasteiger partial charge in [0.2, 0.25) is 5.91 Å². The number of thioether (sulfide) groups is 1. The van der Waals surface area contributed by atoms with Gasteiger partial charge in [-0.3, -0.25) is 4.79 Å². The van der Waals surface area contributed by atoms with E-state index in [9.17, 15) is 9.59 Å². The first-order chi connectivity index (χ1) is 15.5. The summed E-state index contributed by atoms with van der Waals surface area (Å²) in [6, 6.07) is 22.7. The van der Waals surface area contributed by atoms with Gasteiger partial charge in [-0.1, -0.05) is 54.2 Å². The SMILES string of the molecule is Cc1cccc(NC(=O)Nc2ccc3nc(SCC(=O)NCc4ccccc4)sc3c2)c1. The van der Waals surface area contributed by atoms with Gasteiger partial charge in [0.05, 0.1) is 16.0 Å². The van der Waals surface area contributed by atoms with Gasteiger partial charge in [0.1, 0.15) is 0 Å². The molecule has 0 aliphatic rings. The summed E-state index contributed by atoms with van der Waals surface area (Å²) in [6.07, 6.45) is 0. The molecule has 0 spiro atoms. The third-order valence-electron chi connectivity index (χ3n) is 4.56. The maximum absolute atomic E-state index is 12.3. The van der Waals surface area contributed by atoms with Gasteiger partial charge in [0, 0.05) is 17.9 Å². The summed E-state index contributed by atoms with van der Waals surface area (Å²) >= 11 is 2.91. The van der Waals surface area contributed by atoms with Crippen LogP contribution in [0.5, 0.6) is 0 Å². The van der Waals surface area contributed by atoms with E-state index < -0.39 is 0 Å². The van der Waals surface area contributed by atoms with Crippen LogP contribution in [-0.2, 0) is 11.3 Å². The lowest BCUT2D eigenvalue weighted by Crippen LogP contribution is -2.24. The van der Waals surface area contributed by atoms with Crippen LogP contribution < -0.4 is 16.0 Å². The molecule has 0 aliphatic carbocycles. The molecule has 1 heterocycles. The molecular weight excluding hydrogens is 440 g/mol. The highest BCUT2D eigenvalue weighted by atomic mass is 32.2. The molecule has 0 fully saturated rings. The number of aromatic nitrogens is 1. The Hall–Kier alpha value is -3.36. The van der Waals surface area contributed by atoms with Crippen LogP contribution in [0, 0.1) is 6.92 Å². The third kappa shape index (κ3) is 6.09. The molecule has 0 aliphatic heterocycles. The van der Waals surface area contributed by atoms with Crippen LogP contribution in [0.3, 0.4) is 0 Å². The monoisotopic (exact) mass is 462 g/mol. The topological polar surface area (TPSA) is 83.1 Å². The van der Waals surface area contributed by atoms with E-state index >= 15 is 0 Å².